The standard InChI is InChI=1S/C15H28ClNO/c1-4-14(5-2,11-16)12-17-13(18)15(6-3)9-7-8-10-15/h4-12H2,1-3H3,(H,17,18). The molecule has 0 unspecified atom stereocenters. The molecule has 0 radical (unpaired) electrons. The molecule has 1 amide bonds. The van der Waals surface area contributed by atoms with E-state index in [1.807, 2.05) is 0 Å². The SMILES string of the molecule is CCC(CC)(CCl)CNC(=O)C1(CC)CCCC1. The quantitative estimate of drug-likeness (QED) is 0.695. The number of nitrogens with one attached hydrogen (secondary N) is 1. The first-order valence-corrected chi connectivity index (χ1v) is 7.96. The molecule has 3 heteroatoms. The fraction of sp³-hybridized carbons (Fsp3) is 0.933. The van der Waals surface area contributed by atoms with Gasteiger partial charge in [0.1, 0.15) is 0 Å². The second-order valence-electron chi connectivity index (χ2n) is 5.86. The molecule has 1 aliphatic rings. The maximum Gasteiger partial charge on any atom is 0.226 e. The highest BCUT2D eigenvalue weighted by atomic mass is 35.5. The van der Waals surface area contributed by atoms with E-state index >= 15 is 0 Å². The van der Waals surface area contributed by atoms with Crippen LogP contribution < -0.4 is 5.32 Å². The van der Waals surface area contributed by atoms with Crippen LogP contribution in [0.15, 0.2) is 0 Å². The van der Waals surface area contributed by atoms with Crippen molar-refractivity contribution in [2.75, 3.05) is 12.4 Å². The van der Waals surface area contributed by atoms with Crippen molar-refractivity contribution in [2.45, 2.75) is 65.7 Å². The molecule has 2 nitrogen and oxygen atoms in total. The maximum absolute atomic E-state index is 12.4. The molecule has 0 aliphatic heterocycles. The molecule has 0 aromatic carbocycles. The van der Waals surface area contributed by atoms with Gasteiger partial charge in [0.25, 0.3) is 0 Å². The van der Waals surface area contributed by atoms with E-state index in [1.54, 1.807) is 0 Å². The number of halogens is 1. The van der Waals surface area contributed by atoms with E-state index in [1.165, 1.54) is 12.8 Å². The zero-order valence-corrected chi connectivity index (χ0v) is 12.9. The highest BCUT2D eigenvalue weighted by molar-refractivity contribution is 6.18. The zero-order valence-electron chi connectivity index (χ0n) is 12.2. The third-order valence-electron chi connectivity index (χ3n) is 5.13. The Hall–Kier alpha value is -0.240. The molecule has 1 saturated carbocycles. The van der Waals surface area contributed by atoms with Crippen LogP contribution in [0.3, 0.4) is 0 Å². The van der Waals surface area contributed by atoms with E-state index in [-0.39, 0.29) is 16.7 Å². The minimum absolute atomic E-state index is 0.0742. The molecule has 18 heavy (non-hydrogen) atoms. The molecule has 0 atom stereocenters. The molecule has 1 aliphatic carbocycles. The minimum Gasteiger partial charge on any atom is -0.355 e. The molecule has 1 N–H and O–H groups in total. The summed E-state index contributed by atoms with van der Waals surface area (Å²) < 4.78 is 0. The fourth-order valence-corrected chi connectivity index (χ4v) is 3.46. The number of amides is 1. The van der Waals surface area contributed by atoms with Crippen LogP contribution in [0.4, 0.5) is 0 Å². The lowest BCUT2D eigenvalue weighted by atomic mass is 9.80. The highest BCUT2D eigenvalue weighted by Gasteiger charge is 2.40. The Morgan fingerprint density at radius 1 is 1.22 bits per heavy atom. The monoisotopic (exact) mass is 273 g/mol. The molecular weight excluding hydrogens is 246 g/mol. The van der Waals surface area contributed by atoms with E-state index in [4.69, 9.17) is 11.6 Å². The van der Waals surface area contributed by atoms with Crippen molar-refractivity contribution < 1.29 is 4.79 Å². The van der Waals surface area contributed by atoms with Crippen LogP contribution in [0.5, 0.6) is 0 Å². The Morgan fingerprint density at radius 3 is 2.17 bits per heavy atom. The van der Waals surface area contributed by atoms with Gasteiger partial charge in [0, 0.05) is 23.3 Å². The van der Waals surface area contributed by atoms with E-state index in [9.17, 15) is 4.79 Å². The number of hydrogen-bond donors (Lipinski definition) is 1. The van der Waals surface area contributed by atoms with E-state index in [0.29, 0.717) is 5.88 Å². The second kappa shape index (κ2) is 6.79. The lowest BCUT2D eigenvalue weighted by molar-refractivity contribution is -0.131. The summed E-state index contributed by atoms with van der Waals surface area (Å²) in [5, 5.41) is 3.19. The smallest absolute Gasteiger partial charge is 0.226 e. The number of carbonyl (C=O) groups excluding carboxylic acids is 1. The van der Waals surface area contributed by atoms with Gasteiger partial charge >= 0.3 is 0 Å². The van der Waals surface area contributed by atoms with E-state index in [2.05, 4.69) is 26.1 Å². The largest absolute Gasteiger partial charge is 0.355 e. The summed E-state index contributed by atoms with van der Waals surface area (Å²) in [5.41, 5.74) is -0.00964. The van der Waals surface area contributed by atoms with Gasteiger partial charge in [-0.3, -0.25) is 4.79 Å². The van der Waals surface area contributed by atoms with Gasteiger partial charge in [0.15, 0.2) is 0 Å². The number of alkyl halides is 1. The summed E-state index contributed by atoms with van der Waals surface area (Å²) in [6.07, 6.45) is 7.51. The average Bonchev–Trinajstić information content (AvgIpc) is 2.91. The Bertz CT molecular complexity index is 259. The van der Waals surface area contributed by atoms with Crippen molar-refractivity contribution in [3.63, 3.8) is 0 Å². The van der Waals surface area contributed by atoms with Gasteiger partial charge < -0.3 is 5.32 Å². The lowest BCUT2D eigenvalue weighted by Crippen LogP contribution is -2.44. The van der Waals surface area contributed by atoms with Crippen LogP contribution in [0.2, 0.25) is 0 Å². The molecule has 0 aromatic heterocycles. The molecule has 0 aromatic rings. The first-order chi connectivity index (χ1) is 8.58. The van der Waals surface area contributed by atoms with Crippen molar-refractivity contribution in [2.24, 2.45) is 10.8 Å². The van der Waals surface area contributed by atoms with Crippen molar-refractivity contribution in [3.05, 3.63) is 0 Å². The molecular formula is C15H28ClNO. The molecule has 1 rings (SSSR count). The van der Waals surface area contributed by atoms with E-state index < -0.39 is 0 Å². The van der Waals surface area contributed by atoms with Gasteiger partial charge in [0.05, 0.1) is 0 Å². The summed E-state index contributed by atoms with van der Waals surface area (Å²) in [6.45, 7) is 7.18. The van der Waals surface area contributed by atoms with Crippen LogP contribution in [-0.4, -0.2) is 18.3 Å². The second-order valence-corrected chi connectivity index (χ2v) is 6.13. The Morgan fingerprint density at radius 2 is 1.78 bits per heavy atom. The third-order valence-corrected chi connectivity index (χ3v) is 5.69. The Kier molecular flexibility index (Phi) is 5.97. The lowest BCUT2D eigenvalue weighted by Gasteiger charge is -2.32. The number of rotatable bonds is 7. The van der Waals surface area contributed by atoms with Crippen molar-refractivity contribution in [1.29, 1.82) is 0 Å². The first kappa shape index (κ1) is 15.8. The van der Waals surface area contributed by atoms with Crippen LogP contribution in [0.25, 0.3) is 0 Å². The van der Waals surface area contributed by atoms with Crippen molar-refractivity contribution in [3.8, 4) is 0 Å². The highest BCUT2D eigenvalue weighted by Crippen LogP contribution is 2.41. The fourth-order valence-electron chi connectivity index (χ4n) is 2.98. The molecule has 0 saturated heterocycles. The molecule has 106 valence electrons. The first-order valence-electron chi connectivity index (χ1n) is 7.42. The third kappa shape index (κ3) is 3.20. The van der Waals surface area contributed by atoms with Crippen LogP contribution >= 0.6 is 11.6 Å². The number of hydrogen-bond acceptors (Lipinski definition) is 1. The van der Waals surface area contributed by atoms with E-state index in [0.717, 1.165) is 38.6 Å². The summed E-state index contributed by atoms with van der Waals surface area (Å²) >= 11 is 6.08. The molecule has 0 heterocycles. The predicted molar refractivity (Wildman–Crippen MR) is 77.9 cm³/mol. The Labute approximate surface area is 117 Å². The summed E-state index contributed by atoms with van der Waals surface area (Å²) in [6, 6.07) is 0. The summed E-state index contributed by atoms with van der Waals surface area (Å²) in [5.74, 6) is 0.887. The van der Waals surface area contributed by atoms with Crippen molar-refractivity contribution >= 4 is 17.5 Å². The molecule has 1 fully saturated rings. The van der Waals surface area contributed by atoms with Crippen LogP contribution in [0.1, 0.15) is 65.7 Å². The van der Waals surface area contributed by atoms with Gasteiger partial charge in [-0.2, -0.15) is 0 Å². The van der Waals surface area contributed by atoms with Gasteiger partial charge in [0.2, 0.25) is 5.91 Å². The minimum atomic E-state index is -0.0838. The van der Waals surface area contributed by atoms with Crippen LogP contribution in [-0.2, 0) is 4.79 Å². The predicted octanol–water partition coefficient (Wildman–Crippen LogP) is 4.12. The topological polar surface area (TPSA) is 29.1 Å². The summed E-state index contributed by atoms with van der Waals surface area (Å²) in [7, 11) is 0. The maximum atomic E-state index is 12.4. The Balaban J connectivity index is 2.59. The van der Waals surface area contributed by atoms with Gasteiger partial charge in [-0.1, -0.05) is 33.6 Å². The average molecular weight is 274 g/mol. The van der Waals surface area contributed by atoms with Crippen molar-refractivity contribution in [1.82, 2.24) is 5.32 Å². The van der Waals surface area contributed by atoms with Crippen LogP contribution in [0, 0.1) is 10.8 Å². The molecule has 0 bridgehead atoms. The van der Waals surface area contributed by atoms with Gasteiger partial charge in [-0.15, -0.1) is 11.6 Å². The normalized spacial score (nSPS) is 18.9. The summed E-state index contributed by atoms with van der Waals surface area (Å²) in [4.78, 5) is 12.4. The number of carbonyl (C=O) groups is 1. The van der Waals surface area contributed by atoms with Gasteiger partial charge in [-0.25, -0.2) is 0 Å². The molecule has 0 spiro atoms. The van der Waals surface area contributed by atoms with Gasteiger partial charge in [-0.05, 0) is 32.1 Å². The zero-order chi connectivity index (χ0) is 13.6.